The Morgan fingerprint density at radius 3 is 2.65 bits per heavy atom. The monoisotopic (exact) mass is 430 g/mol. The summed E-state index contributed by atoms with van der Waals surface area (Å²) in [4.78, 5) is 15.2. The van der Waals surface area contributed by atoms with Gasteiger partial charge in [0, 0.05) is 37.1 Å². The first-order valence-corrected chi connectivity index (χ1v) is 11.6. The van der Waals surface area contributed by atoms with E-state index in [1.807, 2.05) is 35.8 Å². The molecule has 158 valence electrons. The van der Waals surface area contributed by atoms with Crippen molar-refractivity contribution in [3.05, 3.63) is 97.8 Å². The van der Waals surface area contributed by atoms with Crippen LogP contribution in [0.25, 0.3) is 23.1 Å². The lowest BCUT2D eigenvalue weighted by atomic mass is 10.1. The summed E-state index contributed by atoms with van der Waals surface area (Å²) >= 11 is 1.55. The Morgan fingerprint density at radius 1 is 1.03 bits per heavy atom. The molecule has 4 rings (SSSR count). The van der Waals surface area contributed by atoms with Gasteiger partial charge < -0.3 is 4.90 Å². The largest absolute Gasteiger partial charge is 0.348 e. The lowest BCUT2D eigenvalue weighted by molar-refractivity contribution is -0.667. The molecule has 3 heterocycles. The van der Waals surface area contributed by atoms with Crippen LogP contribution in [-0.2, 0) is 13.1 Å². The number of hydrogen-bond donors (Lipinski definition) is 0. The molecule has 4 nitrogen and oxygen atoms in total. The Balaban J connectivity index is 1.86. The predicted molar refractivity (Wildman–Crippen MR) is 130 cm³/mol. The van der Waals surface area contributed by atoms with Crippen molar-refractivity contribution in [3.8, 4) is 0 Å². The highest BCUT2D eigenvalue weighted by atomic mass is 32.1. The van der Waals surface area contributed by atoms with Gasteiger partial charge in [0.1, 0.15) is 6.54 Å². The summed E-state index contributed by atoms with van der Waals surface area (Å²) in [6, 6.07) is 10.6. The molecule has 0 spiro atoms. The van der Waals surface area contributed by atoms with Crippen LogP contribution >= 0.6 is 11.3 Å². The van der Waals surface area contributed by atoms with Crippen LogP contribution in [0.15, 0.2) is 77.5 Å². The molecular weight excluding hydrogens is 402 g/mol. The fourth-order valence-corrected chi connectivity index (χ4v) is 4.96. The van der Waals surface area contributed by atoms with Gasteiger partial charge in [0.2, 0.25) is 5.52 Å². The van der Waals surface area contributed by atoms with E-state index in [9.17, 15) is 4.79 Å². The van der Waals surface area contributed by atoms with Gasteiger partial charge in [-0.25, -0.2) is 0 Å². The van der Waals surface area contributed by atoms with Gasteiger partial charge in [-0.2, -0.15) is 4.57 Å². The molecular formula is C26H28N3OS+. The molecule has 0 bridgehead atoms. The van der Waals surface area contributed by atoms with Crippen LogP contribution in [0.3, 0.4) is 0 Å². The minimum absolute atomic E-state index is 0.0674. The molecule has 31 heavy (non-hydrogen) atoms. The van der Waals surface area contributed by atoms with Crippen LogP contribution in [0.2, 0.25) is 0 Å². The van der Waals surface area contributed by atoms with Gasteiger partial charge >= 0.3 is 0 Å². The Labute approximate surface area is 186 Å². The average molecular weight is 431 g/mol. The number of allylic oxidation sites excluding steroid dienone is 4. The third kappa shape index (κ3) is 4.19. The van der Waals surface area contributed by atoms with Gasteiger partial charge in [0.25, 0.3) is 5.56 Å². The van der Waals surface area contributed by atoms with Crippen LogP contribution in [-0.4, -0.2) is 16.0 Å². The van der Waals surface area contributed by atoms with Crippen molar-refractivity contribution in [3.63, 3.8) is 0 Å². The van der Waals surface area contributed by atoms with E-state index in [0.717, 1.165) is 33.5 Å². The van der Waals surface area contributed by atoms with Crippen LogP contribution in [0.5, 0.6) is 0 Å². The van der Waals surface area contributed by atoms with E-state index in [1.54, 1.807) is 11.3 Å². The average Bonchev–Trinajstić information content (AvgIpc) is 3.11. The minimum Gasteiger partial charge on any atom is -0.348 e. The standard InChI is InChI=1S/C26H28N3OS/c1-4-27-17-10-9-11-21(27)14-15-24-26(30)29(6-3)25(31-24)19-20-16-18-28(5-2)23-13-8-7-12-22(20)23/h7-19H,4-6H2,1-3H3/q+1. The molecule has 0 aliphatic carbocycles. The van der Waals surface area contributed by atoms with Crippen molar-refractivity contribution in [1.82, 2.24) is 9.47 Å². The maximum absolute atomic E-state index is 13.0. The van der Waals surface area contributed by atoms with E-state index in [-0.39, 0.29) is 5.56 Å². The smallest absolute Gasteiger partial charge is 0.269 e. The molecule has 5 heteroatoms. The Morgan fingerprint density at radius 2 is 1.87 bits per heavy atom. The van der Waals surface area contributed by atoms with Gasteiger partial charge in [-0.3, -0.25) is 9.36 Å². The second-order valence-electron chi connectivity index (χ2n) is 7.32. The van der Waals surface area contributed by atoms with Crippen LogP contribution in [0.1, 0.15) is 26.3 Å². The number of aryl methyl sites for hydroxylation is 1. The van der Waals surface area contributed by atoms with Crippen molar-refractivity contribution in [2.45, 2.75) is 33.9 Å². The number of para-hydroxylation sites is 1. The molecule has 0 unspecified atom stereocenters. The third-order valence-electron chi connectivity index (χ3n) is 5.55. The van der Waals surface area contributed by atoms with Gasteiger partial charge in [0.15, 0.2) is 6.20 Å². The van der Waals surface area contributed by atoms with Crippen molar-refractivity contribution in [2.24, 2.45) is 0 Å². The molecule has 0 amide bonds. The minimum atomic E-state index is 0.0674. The number of thiazole rings is 1. The van der Waals surface area contributed by atoms with E-state index < -0.39 is 0 Å². The summed E-state index contributed by atoms with van der Waals surface area (Å²) in [7, 11) is 0. The lowest BCUT2D eigenvalue weighted by Crippen LogP contribution is -2.33. The van der Waals surface area contributed by atoms with Crippen molar-refractivity contribution >= 4 is 34.4 Å². The summed E-state index contributed by atoms with van der Waals surface area (Å²) in [5, 5.41) is 1.20. The second-order valence-corrected chi connectivity index (χ2v) is 8.38. The van der Waals surface area contributed by atoms with Gasteiger partial charge in [-0.15, -0.1) is 11.3 Å². The zero-order chi connectivity index (χ0) is 21.8. The van der Waals surface area contributed by atoms with E-state index in [1.165, 1.54) is 10.9 Å². The number of likely N-dealkylation sites (N-methyl/N-ethyl adjacent to an activating group) is 1. The molecule has 1 aliphatic rings. The highest BCUT2D eigenvalue weighted by molar-refractivity contribution is 7.07. The van der Waals surface area contributed by atoms with Crippen LogP contribution < -0.4 is 19.3 Å². The Bertz CT molecular complexity index is 1370. The van der Waals surface area contributed by atoms with Crippen molar-refractivity contribution in [1.29, 1.82) is 0 Å². The Kier molecular flexibility index (Phi) is 6.33. The molecule has 0 atom stereocenters. The molecule has 1 aromatic carbocycles. The predicted octanol–water partition coefficient (Wildman–Crippen LogP) is 3.29. The van der Waals surface area contributed by atoms with E-state index in [0.29, 0.717) is 6.54 Å². The molecule has 0 radical (unpaired) electrons. The first-order chi connectivity index (χ1) is 15.2. The normalized spacial score (nSPS) is 16.2. The maximum Gasteiger partial charge on any atom is 0.269 e. The Hall–Kier alpha value is -3.18. The second kappa shape index (κ2) is 9.31. The van der Waals surface area contributed by atoms with Crippen LogP contribution in [0, 0.1) is 0 Å². The highest BCUT2D eigenvalue weighted by Gasteiger charge is 2.10. The number of hydrogen-bond acceptors (Lipinski definition) is 3. The fraction of sp³-hybridized carbons (Fsp3) is 0.231. The molecule has 0 saturated heterocycles. The highest BCUT2D eigenvalue weighted by Crippen LogP contribution is 2.16. The van der Waals surface area contributed by atoms with E-state index >= 15 is 0 Å². The number of aromatic nitrogens is 2. The van der Waals surface area contributed by atoms with Gasteiger partial charge in [-0.1, -0.05) is 18.2 Å². The fourth-order valence-electron chi connectivity index (χ4n) is 3.89. The summed E-state index contributed by atoms with van der Waals surface area (Å²) < 4.78 is 5.83. The first kappa shape index (κ1) is 21.1. The summed E-state index contributed by atoms with van der Waals surface area (Å²) in [5.41, 5.74) is 3.49. The number of nitrogens with zero attached hydrogens (tertiary/aromatic N) is 3. The molecule has 0 saturated carbocycles. The molecule has 1 aliphatic heterocycles. The topological polar surface area (TPSA) is 29.1 Å². The lowest BCUT2D eigenvalue weighted by Gasteiger charge is -2.21. The van der Waals surface area contributed by atoms with Gasteiger partial charge in [0.05, 0.1) is 14.6 Å². The number of benzene rings is 1. The zero-order valence-corrected chi connectivity index (χ0v) is 19.1. The number of pyridine rings is 1. The maximum atomic E-state index is 13.0. The molecule has 0 N–H and O–H groups in total. The first-order valence-electron chi connectivity index (χ1n) is 10.8. The van der Waals surface area contributed by atoms with Gasteiger partial charge in [-0.05, 0) is 62.8 Å². The number of fused-ring (bicyclic) bond motifs is 1. The summed E-state index contributed by atoms with van der Waals surface area (Å²) in [5.74, 6) is 0. The zero-order valence-electron chi connectivity index (χ0n) is 18.3. The molecule has 3 aromatic rings. The summed E-state index contributed by atoms with van der Waals surface area (Å²) in [6.07, 6.45) is 16.4. The SMILES string of the molecule is CCN1C=CC=CC1=CC=c1sc(=Cc2cc[n+](CC)c3ccccc23)n(CC)c1=O. The van der Waals surface area contributed by atoms with E-state index in [4.69, 9.17) is 0 Å². The van der Waals surface area contributed by atoms with E-state index in [2.05, 4.69) is 78.2 Å². The quantitative estimate of drug-likeness (QED) is 0.582. The van der Waals surface area contributed by atoms with Crippen molar-refractivity contribution in [2.75, 3.05) is 6.54 Å². The van der Waals surface area contributed by atoms with Crippen molar-refractivity contribution < 1.29 is 4.57 Å². The summed E-state index contributed by atoms with van der Waals surface area (Å²) in [6.45, 7) is 8.75. The number of rotatable bonds is 5. The third-order valence-corrected chi connectivity index (χ3v) is 6.63. The molecule has 0 fully saturated rings. The molecule has 2 aromatic heterocycles. The van der Waals surface area contributed by atoms with Crippen LogP contribution in [0.4, 0.5) is 0 Å².